The van der Waals surface area contributed by atoms with E-state index in [1.165, 1.54) is 12.7 Å². The highest BCUT2D eigenvalue weighted by Crippen LogP contribution is 2.31. The summed E-state index contributed by atoms with van der Waals surface area (Å²) in [4.78, 5) is 0. The third-order valence-corrected chi connectivity index (χ3v) is 4.15. The highest BCUT2D eigenvalue weighted by atomic mass is 16.5. The van der Waals surface area contributed by atoms with Gasteiger partial charge in [0.1, 0.15) is 11.5 Å². The number of allylic oxidation sites excluding steroid dienone is 2. The molecule has 0 aliphatic carbocycles. The van der Waals surface area contributed by atoms with Gasteiger partial charge in [-0.1, -0.05) is 17.7 Å². The van der Waals surface area contributed by atoms with E-state index in [2.05, 4.69) is 19.9 Å². The highest BCUT2D eigenvalue weighted by Gasteiger charge is 2.12. The predicted octanol–water partition coefficient (Wildman–Crippen LogP) is 4.41. The quantitative estimate of drug-likeness (QED) is 0.732. The number of phenols is 2. The highest BCUT2D eigenvalue weighted by molar-refractivity contribution is 5.48. The van der Waals surface area contributed by atoms with Gasteiger partial charge in [-0.25, -0.2) is 0 Å². The zero-order valence-electron chi connectivity index (χ0n) is 15.3. The van der Waals surface area contributed by atoms with Crippen LogP contribution in [0.25, 0.3) is 0 Å². The monoisotopic (exact) mass is 342 g/mol. The average molecular weight is 342 g/mol. The second-order valence-electron chi connectivity index (χ2n) is 6.28. The van der Waals surface area contributed by atoms with Crippen LogP contribution >= 0.6 is 0 Å². The van der Waals surface area contributed by atoms with Crippen molar-refractivity contribution in [3.8, 4) is 23.0 Å². The third kappa shape index (κ3) is 4.92. The second kappa shape index (κ2) is 8.47. The van der Waals surface area contributed by atoms with Gasteiger partial charge < -0.3 is 19.7 Å². The number of aromatic hydroxyl groups is 2. The van der Waals surface area contributed by atoms with Crippen LogP contribution in [-0.4, -0.2) is 24.4 Å². The zero-order valence-corrected chi connectivity index (χ0v) is 15.3. The number of phenolic OH excluding ortho intramolecular Hbond substituents is 2. The summed E-state index contributed by atoms with van der Waals surface area (Å²) in [6, 6.07) is 8.82. The first-order chi connectivity index (χ1) is 11.9. The molecule has 0 aliphatic rings. The molecule has 2 N–H and O–H groups in total. The predicted molar refractivity (Wildman–Crippen MR) is 99.9 cm³/mol. The molecule has 0 fully saturated rings. The SMILES string of the molecule is COc1cc(CCc2cc(O)cc(OC)c2CC=C(C)C)ccc1O. The molecule has 0 radical (unpaired) electrons. The van der Waals surface area contributed by atoms with Crippen LogP contribution in [0.3, 0.4) is 0 Å². The summed E-state index contributed by atoms with van der Waals surface area (Å²) in [5, 5.41) is 19.7. The van der Waals surface area contributed by atoms with Crippen molar-refractivity contribution in [2.75, 3.05) is 14.2 Å². The summed E-state index contributed by atoms with van der Waals surface area (Å²) in [6.45, 7) is 4.13. The molecular weight excluding hydrogens is 316 g/mol. The van der Waals surface area contributed by atoms with Gasteiger partial charge in [0.25, 0.3) is 0 Å². The van der Waals surface area contributed by atoms with E-state index >= 15 is 0 Å². The van der Waals surface area contributed by atoms with Crippen molar-refractivity contribution >= 4 is 0 Å². The summed E-state index contributed by atoms with van der Waals surface area (Å²) in [7, 11) is 3.16. The minimum Gasteiger partial charge on any atom is -0.508 e. The maximum Gasteiger partial charge on any atom is 0.160 e. The standard InChI is InChI=1S/C21H26O4/c1-14(2)5-9-18-16(12-17(22)13-20(18)24-3)8-6-15-7-10-19(23)21(11-15)25-4/h5,7,10-13,22-23H,6,8-9H2,1-4H3. The van der Waals surface area contributed by atoms with Gasteiger partial charge in [0.05, 0.1) is 14.2 Å². The number of aryl methyl sites for hydroxylation is 2. The Balaban J connectivity index is 2.28. The van der Waals surface area contributed by atoms with Gasteiger partial charge in [-0.2, -0.15) is 0 Å². The van der Waals surface area contributed by atoms with Gasteiger partial charge in [-0.3, -0.25) is 0 Å². The molecule has 25 heavy (non-hydrogen) atoms. The fourth-order valence-electron chi connectivity index (χ4n) is 2.79. The number of rotatable bonds is 7. The smallest absolute Gasteiger partial charge is 0.160 e. The molecule has 0 saturated carbocycles. The topological polar surface area (TPSA) is 58.9 Å². The molecule has 4 heteroatoms. The summed E-state index contributed by atoms with van der Waals surface area (Å²) in [5.74, 6) is 1.51. The van der Waals surface area contributed by atoms with Crippen LogP contribution in [0.1, 0.15) is 30.5 Å². The van der Waals surface area contributed by atoms with E-state index in [0.717, 1.165) is 36.0 Å². The molecule has 2 rings (SSSR count). The Morgan fingerprint density at radius 3 is 2.32 bits per heavy atom. The molecule has 0 saturated heterocycles. The van der Waals surface area contributed by atoms with Gasteiger partial charge in [-0.05, 0) is 62.4 Å². The lowest BCUT2D eigenvalue weighted by Crippen LogP contribution is -2.01. The molecule has 134 valence electrons. The number of ether oxygens (including phenoxy) is 2. The van der Waals surface area contributed by atoms with E-state index in [9.17, 15) is 10.2 Å². The van der Waals surface area contributed by atoms with Crippen molar-refractivity contribution in [1.29, 1.82) is 0 Å². The molecular formula is C21H26O4. The molecule has 0 amide bonds. The lowest BCUT2D eigenvalue weighted by Gasteiger charge is -2.14. The Kier molecular flexibility index (Phi) is 6.34. The summed E-state index contributed by atoms with van der Waals surface area (Å²) in [5.41, 5.74) is 4.45. The lowest BCUT2D eigenvalue weighted by molar-refractivity contribution is 0.373. The maximum atomic E-state index is 9.99. The molecule has 2 aromatic rings. The van der Waals surface area contributed by atoms with Crippen molar-refractivity contribution < 1.29 is 19.7 Å². The van der Waals surface area contributed by atoms with Crippen molar-refractivity contribution in [3.05, 3.63) is 58.7 Å². The maximum absolute atomic E-state index is 9.99. The zero-order chi connectivity index (χ0) is 18.4. The van der Waals surface area contributed by atoms with Crippen LogP contribution in [-0.2, 0) is 19.3 Å². The van der Waals surface area contributed by atoms with Crippen molar-refractivity contribution in [1.82, 2.24) is 0 Å². The molecule has 2 aromatic carbocycles. The normalized spacial score (nSPS) is 10.4. The largest absolute Gasteiger partial charge is 0.508 e. The lowest BCUT2D eigenvalue weighted by atomic mass is 9.96. The first kappa shape index (κ1) is 18.7. The molecule has 0 bridgehead atoms. The molecule has 0 heterocycles. The summed E-state index contributed by atoms with van der Waals surface area (Å²) in [6.07, 6.45) is 4.44. The number of hydrogen-bond acceptors (Lipinski definition) is 4. The first-order valence-corrected chi connectivity index (χ1v) is 8.32. The van der Waals surface area contributed by atoms with Crippen LogP contribution in [0.5, 0.6) is 23.0 Å². The fourth-order valence-corrected chi connectivity index (χ4v) is 2.79. The van der Waals surface area contributed by atoms with Crippen LogP contribution in [0.4, 0.5) is 0 Å². The van der Waals surface area contributed by atoms with E-state index in [0.29, 0.717) is 11.5 Å². The Bertz CT molecular complexity index is 759. The average Bonchev–Trinajstić information content (AvgIpc) is 2.59. The van der Waals surface area contributed by atoms with Crippen LogP contribution < -0.4 is 9.47 Å². The van der Waals surface area contributed by atoms with Gasteiger partial charge in [0, 0.05) is 11.6 Å². The third-order valence-electron chi connectivity index (χ3n) is 4.15. The molecule has 0 aromatic heterocycles. The van der Waals surface area contributed by atoms with E-state index in [1.54, 1.807) is 25.3 Å². The van der Waals surface area contributed by atoms with E-state index in [1.807, 2.05) is 12.1 Å². The van der Waals surface area contributed by atoms with Gasteiger partial charge in [0.15, 0.2) is 11.5 Å². The van der Waals surface area contributed by atoms with E-state index in [4.69, 9.17) is 9.47 Å². The van der Waals surface area contributed by atoms with Crippen LogP contribution in [0, 0.1) is 0 Å². The van der Waals surface area contributed by atoms with Crippen molar-refractivity contribution in [3.63, 3.8) is 0 Å². The minimum absolute atomic E-state index is 0.134. The fraction of sp³-hybridized carbons (Fsp3) is 0.333. The Morgan fingerprint density at radius 1 is 0.960 bits per heavy atom. The minimum atomic E-state index is 0.134. The number of benzene rings is 2. The Hall–Kier alpha value is -2.62. The second-order valence-corrected chi connectivity index (χ2v) is 6.28. The van der Waals surface area contributed by atoms with Crippen LogP contribution in [0.2, 0.25) is 0 Å². The van der Waals surface area contributed by atoms with Crippen molar-refractivity contribution in [2.24, 2.45) is 0 Å². The molecule has 0 aliphatic heterocycles. The van der Waals surface area contributed by atoms with Gasteiger partial charge in [-0.15, -0.1) is 0 Å². The van der Waals surface area contributed by atoms with E-state index in [-0.39, 0.29) is 11.5 Å². The van der Waals surface area contributed by atoms with Crippen LogP contribution in [0.15, 0.2) is 42.0 Å². The summed E-state index contributed by atoms with van der Waals surface area (Å²) < 4.78 is 10.6. The molecule has 0 unspecified atom stereocenters. The van der Waals surface area contributed by atoms with Gasteiger partial charge >= 0.3 is 0 Å². The number of hydrogen-bond donors (Lipinski definition) is 2. The first-order valence-electron chi connectivity index (χ1n) is 8.32. The van der Waals surface area contributed by atoms with Crippen molar-refractivity contribution in [2.45, 2.75) is 33.1 Å². The molecule has 0 spiro atoms. The molecule has 0 atom stereocenters. The number of methoxy groups -OCH3 is 2. The molecule has 4 nitrogen and oxygen atoms in total. The van der Waals surface area contributed by atoms with E-state index < -0.39 is 0 Å². The Labute approximate surface area is 149 Å². The van der Waals surface area contributed by atoms with Gasteiger partial charge in [0.2, 0.25) is 0 Å². The summed E-state index contributed by atoms with van der Waals surface area (Å²) >= 11 is 0. The Morgan fingerprint density at radius 2 is 1.68 bits per heavy atom.